The van der Waals surface area contributed by atoms with Crippen LogP contribution in [0.25, 0.3) is 0 Å². The van der Waals surface area contributed by atoms with Crippen molar-refractivity contribution < 1.29 is 22.7 Å². The van der Waals surface area contributed by atoms with Crippen molar-refractivity contribution in [3.63, 3.8) is 0 Å². The Hall–Kier alpha value is -1.84. The number of sulfonamides is 1. The molecule has 1 amide bonds. The summed E-state index contributed by atoms with van der Waals surface area (Å²) in [7, 11) is -3.68. The van der Waals surface area contributed by atoms with Gasteiger partial charge in [-0.05, 0) is 61.7 Å². The number of carbonyl (C=O) groups excluding carboxylic acids is 1. The molecule has 2 heterocycles. The van der Waals surface area contributed by atoms with Crippen molar-refractivity contribution in [2.75, 3.05) is 46.0 Å². The Morgan fingerprint density at radius 2 is 1.77 bits per heavy atom. The van der Waals surface area contributed by atoms with Crippen LogP contribution in [-0.2, 0) is 19.6 Å². The summed E-state index contributed by atoms with van der Waals surface area (Å²) in [4.78, 5) is 15.2. The number of nitrogens with zero attached hydrogens (tertiary/aromatic N) is 2. The maximum atomic E-state index is 13.2. The summed E-state index contributed by atoms with van der Waals surface area (Å²) in [6.45, 7) is 5.03. The van der Waals surface area contributed by atoms with Crippen LogP contribution < -0.4 is 4.74 Å². The first kappa shape index (κ1) is 26.2. The topological polar surface area (TPSA) is 76.2 Å². The zero-order valence-corrected chi connectivity index (χ0v) is 22.0. The van der Waals surface area contributed by atoms with E-state index >= 15 is 0 Å². The van der Waals surface area contributed by atoms with Crippen molar-refractivity contribution in [3.05, 3.63) is 58.1 Å². The minimum absolute atomic E-state index is 0.0512. The fourth-order valence-electron chi connectivity index (χ4n) is 4.54. The van der Waals surface area contributed by atoms with Gasteiger partial charge in [0, 0.05) is 48.1 Å². The van der Waals surface area contributed by atoms with Gasteiger partial charge in [0.05, 0.1) is 24.7 Å². The standard InChI is InChI=1S/C25H30Cl2N2O5S/c1-19-15-21(5-6-23(19)27)34-18-25(17-24(30)28-11-13-33-14-12-28)7-9-29(10-8-25)35(31,32)22-4-2-3-20(26)16-22/h2-6,15-16H,7-14,17-18H2,1H3. The van der Waals surface area contributed by atoms with Gasteiger partial charge >= 0.3 is 0 Å². The van der Waals surface area contributed by atoms with Gasteiger partial charge in [-0.25, -0.2) is 8.42 Å². The van der Waals surface area contributed by atoms with Crippen LogP contribution in [0.15, 0.2) is 47.4 Å². The van der Waals surface area contributed by atoms with Crippen LogP contribution in [0.3, 0.4) is 0 Å². The van der Waals surface area contributed by atoms with Crippen molar-refractivity contribution in [1.82, 2.24) is 9.21 Å². The Morgan fingerprint density at radius 1 is 1.06 bits per heavy atom. The quantitative estimate of drug-likeness (QED) is 0.520. The highest BCUT2D eigenvalue weighted by molar-refractivity contribution is 7.89. The van der Waals surface area contributed by atoms with Crippen molar-refractivity contribution in [2.24, 2.45) is 5.41 Å². The highest BCUT2D eigenvalue weighted by atomic mass is 35.5. The Kier molecular flexibility index (Phi) is 8.28. The van der Waals surface area contributed by atoms with Gasteiger partial charge in [0.25, 0.3) is 0 Å². The molecule has 0 aliphatic carbocycles. The van der Waals surface area contributed by atoms with Gasteiger partial charge in [-0.2, -0.15) is 4.31 Å². The second-order valence-electron chi connectivity index (χ2n) is 9.23. The zero-order chi connectivity index (χ0) is 25.1. The second kappa shape index (κ2) is 11.0. The van der Waals surface area contributed by atoms with E-state index in [0.29, 0.717) is 81.1 Å². The molecule has 2 aliphatic heterocycles. The molecule has 0 saturated carbocycles. The molecule has 4 rings (SSSR count). The van der Waals surface area contributed by atoms with E-state index in [1.165, 1.54) is 10.4 Å². The van der Waals surface area contributed by atoms with Crippen LogP contribution in [0.2, 0.25) is 10.0 Å². The lowest BCUT2D eigenvalue weighted by Gasteiger charge is -2.41. The third kappa shape index (κ3) is 6.30. The first-order chi connectivity index (χ1) is 16.7. The Balaban J connectivity index is 1.50. The highest BCUT2D eigenvalue weighted by Crippen LogP contribution is 2.38. The fraction of sp³-hybridized carbons (Fsp3) is 0.480. The molecule has 0 aromatic heterocycles. The molecule has 2 saturated heterocycles. The number of hydrogen-bond acceptors (Lipinski definition) is 5. The summed E-state index contributed by atoms with van der Waals surface area (Å²) in [5.74, 6) is 0.731. The van der Waals surface area contributed by atoms with Gasteiger partial charge in [-0.15, -0.1) is 0 Å². The third-order valence-electron chi connectivity index (χ3n) is 6.78. The molecule has 2 fully saturated rings. The number of carbonyl (C=O) groups is 1. The lowest BCUT2D eigenvalue weighted by atomic mass is 9.76. The summed E-state index contributed by atoms with van der Waals surface area (Å²) in [6, 6.07) is 11.8. The first-order valence-corrected chi connectivity index (χ1v) is 13.9. The molecule has 0 unspecified atom stereocenters. The lowest BCUT2D eigenvalue weighted by molar-refractivity contribution is -0.139. The number of ether oxygens (including phenoxy) is 2. The average Bonchev–Trinajstić information content (AvgIpc) is 2.86. The van der Waals surface area contributed by atoms with Crippen LogP contribution in [-0.4, -0.2) is 69.5 Å². The van der Waals surface area contributed by atoms with Crippen molar-refractivity contribution in [3.8, 4) is 5.75 Å². The zero-order valence-electron chi connectivity index (χ0n) is 19.7. The molecule has 7 nitrogen and oxygen atoms in total. The van der Waals surface area contributed by atoms with Crippen LogP contribution in [0.5, 0.6) is 5.75 Å². The summed E-state index contributed by atoms with van der Waals surface area (Å²) >= 11 is 12.2. The first-order valence-electron chi connectivity index (χ1n) is 11.7. The van der Waals surface area contributed by atoms with Crippen molar-refractivity contribution in [2.45, 2.75) is 31.1 Å². The minimum Gasteiger partial charge on any atom is -0.493 e. The lowest BCUT2D eigenvalue weighted by Crippen LogP contribution is -2.49. The normalized spacial score (nSPS) is 18.9. The molecule has 2 aromatic carbocycles. The molecule has 0 radical (unpaired) electrons. The van der Waals surface area contributed by atoms with E-state index in [9.17, 15) is 13.2 Å². The van der Waals surface area contributed by atoms with E-state index in [0.717, 1.165) is 5.56 Å². The second-order valence-corrected chi connectivity index (χ2v) is 12.0. The summed E-state index contributed by atoms with van der Waals surface area (Å²) in [6.07, 6.45) is 1.31. The van der Waals surface area contributed by atoms with Gasteiger partial charge in [0.15, 0.2) is 0 Å². The predicted molar refractivity (Wildman–Crippen MR) is 136 cm³/mol. The number of amides is 1. The van der Waals surface area contributed by atoms with Gasteiger partial charge < -0.3 is 14.4 Å². The fourth-order valence-corrected chi connectivity index (χ4v) is 6.40. The molecule has 2 aromatic rings. The van der Waals surface area contributed by atoms with Gasteiger partial charge in [0.2, 0.25) is 15.9 Å². The monoisotopic (exact) mass is 540 g/mol. The molecule has 10 heteroatoms. The van der Waals surface area contributed by atoms with Crippen LogP contribution in [0.4, 0.5) is 0 Å². The summed E-state index contributed by atoms with van der Waals surface area (Å²) in [5, 5.41) is 1.04. The molecular formula is C25H30Cl2N2O5S. The Bertz CT molecular complexity index is 1160. The number of aryl methyl sites for hydroxylation is 1. The number of halogens is 2. The molecule has 190 valence electrons. The number of hydrogen-bond donors (Lipinski definition) is 0. The van der Waals surface area contributed by atoms with Crippen LogP contribution in [0, 0.1) is 12.3 Å². The minimum atomic E-state index is -3.68. The summed E-state index contributed by atoms with van der Waals surface area (Å²) < 4.78 is 39.4. The van der Waals surface area contributed by atoms with Crippen LogP contribution >= 0.6 is 23.2 Å². The van der Waals surface area contributed by atoms with E-state index in [-0.39, 0.29) is 10.8 Å². The van der Waals surface area contributed by atoms with Gasteiger partial charge in [-0.3, -0.25) is 4.79 Å². The van der Waals surface area contributed by atoms with E-state index in [4.69, 9.17) is 32.7 Å². The SMILES string of the molecule is Cc1cc(OCC2(CC(=O)N3CCOCC3)CCN(S(=O)(=O)c3cccc(Cl)c3)CC2)ccc1Cl. The molecule has 0 spiro atoms. The third-order valence-corrected chi connectivity index (χ3v) is 9.34. The molecular weight excluding hydrogens is 511 g/mol. The number of piperidine rings is 1. The smallest absolute Gasteiger partial charge is 0.243 e. The van der Waals surface area contributed by atoms with E-state index in [1.807, 2.05) is 24.0 Å². The van der Waals surface area contributed by atoms with Gasteiger partial charge in [-0.1, -0.05) is 29.3 Å². The van der Waals surface area contributed by atoms with E-state index < -0.39 is 15.4 Å². The predicted octanol–water partition coefficient (Wildman–Crippen LogP) is 4.40. The van der Waals surface area contributed by atoms with Crippen LogP contribution in [0.1, 0.15) is 24.8 Å². The molecule has 0 N–H and O–H groups in total. The number of morpholine rings is 1. The Morgan fingerprint density at radius 3 is 2.43 bits per heavy atom. The highest BCUT2D eigenvalue weighted by Gasteiger charge is 2.41. The number of benzene rings is 2. The van der Waals surface area contributed by atoms with Gasteiger partial charge in [0.1, 0.15) is 5.75 Å². The number of rotatable bonds is 7. The van der Waals surface area contributed by atoms with E-state index in [2.05, 4.69) is 0 Å². The Labute approximate surface area is 216 Å². The summed E-state index contributed by atoms with van der Waals surface area (Å²) in [5.41, 5.74) is 0.425. The average molecular weight is 541 g/mol. The molecule has 2 aliphatic rings. The maximum absolute atomic E-state index is 13.2. The van der Waals surface area contributed by atoms with E-state index in [1.54, 1.807) is 24.3 Å². The molecule has 0 atom stereocenters. The molecule has 0 bridgehead atoms. The maximum Gasteiger partial charge on any atom is 0.243 e. The largest absolute Gasteiger partial charge is 0.493 e. The van der Waals surface area contributed by atoms with Crippen molar-refractivity contribution >= 4 is 39.1 Å². The van der Waals surface area contributed by atoms with Crippen molar-refractivity contribution in [1.29, 1.82) is 0 Å². The molecule has 35 heavy (non-hydrogen) atoms.